The molecule has 4 heteroatoms. The molecule has 1 aromatic carbocycles. The summed E-state index contributed by atoms with van der Waals surface area (Å²) in [6.45, 7) is 7.64. The lowest BCUT2D eigenvalue weighted by atomic mass is 10.1. The number of nitrogens with zero attached hydrogens (tertiary/aromatic N) is 2. The molecule has 0 saturated carbocycles. The highest BCUT2D eigenvalue weighted by molar-refractivity contribution is 14.1. The van der Waals surface area contributed by atoms with Gasteiger partial charge >= 0.3 is 0 Å². The van der Waals surface area contributed by atoms with Crippen molar-refractivity contribution in [1.82, 2.24) is 9.80 Å². The largest absolute Gasteiger partial charge is 0.507 e. The third kappa shape index (κ3) is 4.60. The molecular formula is C16H25IN2O. The highest BCUT2D eigenvalue weighted by Gasteiger charge is 2.12. The van der Waals surface area contributed by atoms with Gasteiger partial charge in [-0.05, 0) is 99.7 Å². The lowest BCUT2D eigenvalue weighted by Crippen LogP contribution is -2.26. The fourth-order valence-electron chi connectivity index (χ4n) is 2.87. The van der Waals surface area contributed by atoms with Crippen molar-refractivity contribution in [2.24, 2.45) is 0 Å². The third-order valence-electron chi connectivity index (χ3n) is 4.00. The van der Waals surface area contributed by atoms with Gasteiger partial charge < -0.3 is 14.9 Å². The van der Waals surface area contributed by atoms with Gasteiger partial charge in [0, 0.05) is 15.7 Å². The molecular weight excluding hydrogens is 363 g/mol. The summed E-state index contributed by atoms with van der Waals surface area (Å²) in [5.74, 6) is 0.455. The molecule has 20 heavy (non-hydrogen) atoms. The minimum absolute atomic E-state index is 0.455. The Hall–Kier alpha value is -0.330. The molecule has 1 heterocycles. The van der Waals surface area contributed by atoms with Gasteiger partial charge in [-0.15, -0.1) is 0 Å². The van der Waals surface area contributed by atoms with E-state index in [1.807, 2.05) is 13.0 Å². The molecule has 0 spiro atoms. The molecule has 0 amide bonds. The Morgan fingerprint density at radius 1 is 1.30 bits per heavy atom. The van der Waals surface area contributed by atoms with Crippen molar-refractivity contribution in [3.05, 3.63) is 26.8 Å². The van der Waals surface area contributed by atoms with E-state index < -0.39 is 0 Å². The molecule has 0 radical (unpaired) electrons. The summed E-state index contributed by atoms with van der Waals surface area (Å²) in [4.78, 5) is 4.86. The fourth-order valence-corrected chi connectivity index (χ4v) is 3.71. The maximum Gasteiger partial charge on any atom is 0.123 e. The van der Waals surface area contributed by atoms with Crippen LogP contribution in [0.25, 0.3) is 0 Å². The average molecular weight is 388 g/mol. The number of phenols is 1. The van der Waals surface area contributed by atoms with Crippen LogP contribution < -0.4 is 0 Å². The smallest absolute Gasteiger partial charge is 0.123 e. The van der Waals surface area contributed by atoms with Crippen LogP contribution >= 0.6 is 22.6 Å². The van der Waals surface area contributed by atoms with E-state index >= 15 is 0 Å². The molecule has 1 fully saturated rings. The van der Waals surface area contributed by atoms with Gasteiger partial charge in [0.1, 0.15) is 5.75 Å². The minimum atomic E-state index is 0.455. The monoisotopic (exact) mass is 388 g/mol. The van der Waals surface area contributed by atoms with Crippen molar-refractivity contribution in [2.45, 2.75) is 32.7 Å². The molecule has 0 aliphatic carbocycles. The molecule has 0 unspecified atom stereocenters. The number of aryl methyl sites for hydroxylation is 1. The minimum Gasteiger partial charge on any atom is -0.507 e. The molecule has 0 atom stereocenters. The van der Waals surface area contributed by atoms with E-state index in [0.717, 1.165) is 24.2 Å². The van der Waals surface area contributed by atoms with Crippen LogP contribution in [0.5, 0.6) is 5.75 Å². The Morgan fingerprint density at radius 3 is 2.70 bits per heavy atom. The first kappa shape index (κ1) is 16.0. The molecule has 0 bridgehead atoms. The average Bonchev–Trinajstić information content (AvgIpc) is 2.88. The SMILES string of the molecule is Cc1cc(I)cc(CN(C)CCCN2CCCC2)c1O. The summed E-state index contributed by atoms with van der Waals surface area (Å²) in [5.41, 5.74) is 2.01. The molecule has 1 aliphatic heterocycles. The van der Waals surface area contributed by atoms with Crippen molar-refractivity contribution in [3.8, 4) is 5.75 Å². The van der Waals surface area contributed by atoms with Crippen LogP contribution in [0, 0.1) is 10.5 Å². The molecule has 1 aromatic rings. The maximum atomic E-state index is 10.1. The van der Waals surface area contributed by atoms with Crippen molar-refractivity contribution < 1.29 is 5.11 Å². The third-order valence-corrected chi connectivity index (χ3v) is 4.62. The van der Waals surface area contributed by atoms with Gasteiger partial charge in [0.15, 0.2) is 0 Å². The van der Waals surface area contributed by atoms with Gasteiger partial charge in [-0.1, -0.05) is 0 Å². The number of hydrogen-bond acceptors (Lipinski definition) is 3. The Balaban J connectivity index is 1.80. The number of hydrogen-bond donors (Lipinski definition) is 1. The summed E-state index contributed by atoms with van der Waals surface area (Å²) >= 11 is 2.31. The number of rotatable bonds is 6. The molecule has 2 rings (SSSR count). The van der Waals surface area contributed by atoms with Crippen molar-refractivity contribution >= 4 is 22.6 Å². The van der Waals surface area contributed by atoms with Crippen LogP contribution in [0.15, 0.2) is 12.1 Å². The summed E-state index contributed by atoms with van der Waals surface area (Å²) in [6.07, 6.45) is 3.94. The summed E-state index contributed by atoms with van der Waals surface area (Å²) < 4.78 is 1.19. The molecule has 0 aromatic heterocycles. The Kier molecular flexibility index (Phi) is 6.11. The first-order valence-electron chi connectivity index (χ1n) is 7.45. The highest BCUT2D eigenvalue weighted by atomic mass is 127. The maximum absolute atomic E-state index is 10.1. The second-order valence-corrected chi connectivity index (χ2v) is 7.12. The number of aromatic hydroxyl groups is 1. The zero-order valence-electron chi connectivity index (χ0n) is 12.5. The van der Waals surface area contributed by atoms with Crippen LogP contribution in [-0.4, -0.2) is 48.1 Å². The summed E-state index contributed by atoms with van der Waals surface area (Å²) in [6, 6.07) is 4.10. The normalized spacial score (nSPS) is 16.2. The van der Waals surface area contributed by atoms with Crippen LogP contribution in [0.4, 0.5) is 0 Å². The van der Waals surface area contributed by atoms with Crippen LogP contribution in [0.3, 0.4) is 0 Å². The lowest BCUT2D eigenvalue weighted by molar-refractivity contribution is 0.272. The van der Waals surface area contributed by atoms with E-state index in [1.54, 1.807) is 0 Å². The quantitative estimate of drug-likeness (QED) is 0.759. The van der Waals surface area contributed by atoms with E-state index in [1.165, 1.54) is 42.5 Å². The van der Waals surface area contributed by atoms with Crippen molar-refractivity contribution in [1.29, 1.82) is 0 Å². The standard InChI is InChI=1S/C16H25IN2O/c1-13-10-15(17)11-14(16(13)20)12-18(2)6-5-9-19-7-3-4-8-19/h10-11,20H,3-9,12H2,1-2H3. The highest BCUT2D eigenvalue weighted by Crippen LogP contribution is 2.25. The second-order valence-electron chi connectivity index (χ2n) is 5.87. The Labute approximate surface area is 136 Å². The van der Waals surface area contributed by atoms with E-state index in [9.17, 15) is 5.11 Å². The van der Waals surface area contributed by atoms with E-state index in [4.69, 9.17) is 0 Å². The van der Waals surface area contributed by atoms with E-state index in [2.05, 4.69) is 45.5 Å². The summed E-state index contributed by atoms with van der Waals surface area (Å²) in [5, 5.41) is 10.1. The second kappa shape index (κ2) is 7.61. The van der Waals surface area contributed by atoms with Crippen LogP contribution in [0.1, 0.15) is 30.4 Å². The van der Waals surface area contributed by atoms with E-state index in [0.29, 0.717) is 5.75 Å². The van der Waals surface area contributed by atoms with Gasteiger partial charge in [0.2, 0.25) is 0 Å². The lowest BCUT2D eigenvalue weighted by Gasteiger charge is -2.20. The fraction of sp³-hybridized carbons (Fsp3) is 0.625. The Morgan fingerprint density at radius 2 is 2.00 bits per heavy atom. The number of likely N-dealkylation sites (tertiary alicyclic amines) is 1. The molecule has 112 valence electrons. The first-order valence-corrected chi connectivity index (χ1v) is 8.53. The van der Waals surface area contributed by atoms with Crippen LogP contribution in [-0.2, 0) is 6.54 Å². The predicted octanol–water partition coefficient (Wildman–Crippen LogP) is 3.22. The van der Waals surface area contributed by atoms with Gasteiger partial charge in [0.25, 0.3) is 0 Å². The molecule has 1 aliphatic rings. The number of phenolic OH excluding ortho intramolecular Hbond substituents is 1. The topological polar surface area (TPSA) is 26.7 Å². The Bertz CT molecular complexity index is 444. The molecule has 3 nitrogen and oxygen atoms in total. The molecule has 1 saturated heterocycles. The zero-order valence-corrected chi connectivity index (χ0v) is 14.7. The van der Waals surface area contributed by atoms with Gasteiger partial charge in [-0.2, -0.15) is 0 Å². The van der Waals surface area contributed by atoms with Crippen molar-refractivity contribution in [2.75, 3.05) is 33.2 Å². The van der Waals surface area contributed by atoms with Gasteiger partial charge in [-0.25, -0.2) is 0 Å². The number of benzene rings is 1. The zero-order chi connectivity index (χ0) is 14.5. The van der Waals surface area contributed by atoms with E-state index in [-0.39, 0.29) is 0 Å². The molecule has 1 N–H and O–H groups in total. The van der Waals surface area contributed by atoms with Crippen LogP contribution in [0.2, 0.25) is 0 Å². The van der Waals surface area contributed by atoms with Crippen molar-refractivity contribution in [3.63, 3.8) is 0 Å². The number of halogens is 1. The van der Waals surface area contributed by atoms with Gasteiger partial charge in [0.05, 0.1) is 0 Å². The first-order chi connectivity index (χ1) is 9.56. The van der Waals surface area contributed by atoms with Gasteiger partial charge in [-0.3, -0.25) is 0 Å². The predicted molar refractivity (Wildman–Crippen MR) is 92.2 cm³/mol. The summed E-state index contributed by atoms with van der Waals surface area (Å²) in [7, 11) is 2.14.